The van der Waals surface area contributed by atoms with E-state index in [0.29, 0.717) is 22.7 Å². The van der Waals surface area contributed by atoms with Gasteiger partial charge in [-0.05, 0) is 58.7 Å². The first-order chi connectivity index (χ1) is 15.6. The van der Waals surface area contributed by atoms with E-state index in [4.69, 9.17) is 19.9 Å². The summed E-state index contributed by atoms with van der Waals surface area (Å²) in [5.41, 5.74) is 11.5. The van der Waals surface area contributed by atoms with Crippen LogP contribution in [0.1, 0.15) is 0 Å². The lowest BCUT2D eigenvalue weighted by atomic mass is 9.90. The minimum atomic E-state index is 0.125. The molecular formula is C27H24NO4. The highest BCUT2D eigenvalue weighted by atomic mass is 16.5. The zero-order valence-electron chi connectivity index (χ0n) is 18.2. The number of nitrogen functional groups attached to an aromatic ring is 1. The van der Waals surface area contributed by atoms with E-state index in [9.17, 15) is 5.11 Å². The van der Waals surface area contributed by atoms with E-state index in [1.165, 1.54) is 0 Å². The fourth-order valence-electron chi connectivity index (χ4n) is 3.83. The lowest BCUT2D eigenvalue weighted by Gasteiger charge is -2.20. The summed E-state index contributed by atoms with van der Waals surface area (Å²) in [5.74, 6) is 1.81. The fourth-order valence-corrected chi connectivity index (χ4v) is 3.83. The number of nitrogens with two attached hydrogens (primary N) is 1. The molecule has 4 aromatic rings. The summed E-state index contributed by atoms with van der Waals surface area (Å²) in [4.78, 5) is 0. The maximum atomic E-state index is 10.8. The van der Waals surface area contributed by atoms with Crippen molar-refractivity contribution in [3.63, 3.8) is 0 Å². The molecule has 0 bridgehead atoms. The summed E-state index contributed by atoms with van der Waals surface area (Å²) in [5, 5.41) is 10.8. The van der Waals surface area contributed by atoms with Gasteiger partial charge in [-0.15, -0.1) is 0 Å². The highest BCUT2D eigenvalue weighted by Crippen LogP contribution is 2.50. The van der Waals surface area contributed by atoms with Crippen molar-refractivity contribution in [3.8, 4) is 56.4 Å². The van der Waals surface area contributed by atoms with E-state index >= 15 is 0 Å². The molecule has 0 heterocycles. The Morgan fingerprint density at radius 3 is 2.19 bits per heavy atom. The molecule has 161 valence electrons. The van der Waals surface area contributed by atoms with Crippen LogP contribution in [0.3, 0.4) is 0 Å². The van der Waals surface area contributed by atoms with Crippen LogP contribution in [0.15, 0.2) is 72.8 Å². The first-order valence-electron chi connectivity index (χ1n) is 10.1. The number of ether oxygens (including phenoxy) is 3. The molecule has 0 atom stereocenters. The molecule has 32 heavy (non-hydrogen) atoms. The standard InChI is InChI=1S/C27H24NO4/c1-30-20-11-7-10-18(14-20)19-12-13-24(29)21(15-19)22-16-23(28)26(31-2)27(32-3)25(22)17-8-5-4-6-9-17/h4-9,11-16,29H,28H2,1-3H3. The SMILES string of the molecule is COc1cc[c]c(-c2ccc(O)c(-c3cc(N)c(OC)c(OC)c3-c3ccccc3)c2)c1. The third-order valence-corrected chi connectivity index (χ3v) is 5.34. The maximum absolute atomic E-state index is 10.8. The first kappa shape index (κ1) is 21.1. The zero-order chi connectivity index (χ0) is 22.7. The number of phenolic OH excluding ortho intramolecular Hbond substituents is 1. The summed E-state index contributed by atoms with van der Waals surface area (Å²) in [6.07, 6.45) is 0. The lowest BCUT2D eigenvalue weighted by Crippen LogP contribution is -2.00. The molecule has 0 spiro atoms. The molecule has 0 aliphatic heterocycles. The quantitative estimate of drug-likeness (QED) is 0.381. The molecule has 0 aliphatic rings. The van der Waals surface area contributed by atoms with Crippen LogP contribution in [0.2, 0.25) is 0 Å². The van der Waals surface area contributed by atoms with Crippen molar-refractivity contribution in [2.24, 2.45) is 0 Å². The predicted molar refractivity (Wildman–Crippen MR) is 127 cm³/mol. The Balaban J connectivity index is 2.00. The van der Waals surface area contributed by atoms with Crippen molar-refractivity contribution in [2.75, 3.05) is 27.1 Å². The second-order valence-corrected chi connectivity index (χ2v) is 7.19. The number of anilines is 1. The van der Waals surface area contributed by atoms with Crippen molar-refractivity contribution in [1.82, 2.24) is 0 Å². The Hall–Kier alpha value is -4.12. The van der Waals surface area contributed by atoms with Crippen LogP contribution in [0, 0.1) is 6.07 Å². The number of benzene rings is 4. The zero-order valence-corrected chi connectivity index (χ0v) is 18.2. The summed E-state index contributed by atoms with van der Waals surface area (Å²) in [7, 11) is 4.76. The van der Waals surface area contributed by atoms with Gasteiger partial charge in [0.05, 0.1) is 27.0 Å². The molecule has 0 aromatic heterocycles. The molecule has 0 fully saturated rings. The summed E-state index contributed by atoms with van der Waals surface area (Å²) >= 11 is 0. The Kier molecular flexibility index (Phi) is 5.90. The van der Waals surface area contributed by atoms with Crippen molar-refractivity contribution in [2.45, 2.75) is 0 Å². The normalized spacial score (nSPS) is 10.6. The molecule has 0 aliphatic carbocycles. The van der Waals surface area contributed by atoms with Crippen LogP contribution in [-0.2, 0) is 0 Å². The van der Waals surface area contributed by atoms with Crippen LogP contribution >= 0.6 is 0 Å². The summed E-state index contributed by atoms with van der Waals surface area (Å²) in [6, 6.07) is 25.8. The minimum absolute atomic E-state index is 0.125. The average Bonchev–Trinajstić information content (AvgIpc) is 2.84. The molecule has 0 saturated carbocycles. The van der Waals surface area contributed by atoms with Gasteiger partial charge in [0, 0.05) is 11.1 Å². The van der Waals surface area contributed by atoms with Crippen molar-refractivity contribution in [3.05, 3.63) is 78.9 Å². The Labute approximate surface area is 187 Å². The third-order valence-electron chi connectivity index (χ3n) is 5.34. The van der Waals surface area contributed by atoms with E-state index in [1.807, 2.05) is 60.7 Å². The number of aromatic hydroxyl groups is 1. The van der Waals surface area contributed by atoms with Gasteiger partial charge >= 0.3 is 0 Å². The van der Waals surface area contributed by atoms with Crippen LogP contribution in [0.25, 0.3) is 33.4 Å². The number of phenols is 1. The Bertz CT molecular complexity index is 1250. The van der Waals surface area contributed by atoms with Crippen LogP contribution in [0.4, 0.5) is 5.69 Å². The molecule has 5 nitrogen and oxygen atoms in total. The molecule has 3 N–H and O–H groups in total. The number of hydrogen-bond acceptors (Lipinski definition) is 5. The smallest absolute Gasteiger partial charge is 0.184 e. The molecule has 0 saturated heterocycles. The average molecular weight is 426 g/mol. The van der Waals surface area contributed by atoms with Crippen LogP contribution < -0.4 is 19.9 Å². The largest absolute Gasteiger partial charge is 0.507 e. The second-order valence-electron chi connectivity index (χ2n) is 7.19. The van der Waals surface area contributed by atoms with Crippen molar-refractivity contribution in [1.29, 1.82) is 0 Å². The van der Waals surface area contributed by atoms with Gasteiger partial charge in [0.25, 0.3) is 0 Å². The van der Waals surface area contributed by atoms with Gasteiger partial charge in [0.2, 0.25) is 0 Å². The fraction of sp³-hybridized carbons (Fsp3) is 0.111. The van der Waals surface area contributed by atoms with Crippen molar-refractivity contribution < 1.29 is 19.3 Å². The van der Waals surface area contributed by atoms with Gasteiger partial charge in [0.1, 0.15) is 11.5 Å². The Morgan fingerprint density at radius 1 is 0.750 bits per heavy atom. The Morgan fingerprint density at radius 2 is 1.50 bits per heavy atom. The van der Waals surface area contributed by atoms with Gasteiger partial charge in [-0.2, -0.15) is 0 Å². The molecule has 4 aromatic carbocycles. The lowest BCUT2D eigenvalue weighted by molar-refractivity contribution is 0.358. The molecular weight excluding hydrogens is 402 g/mol. The maximum Gasteiger partial charge on any atom is 0.184 e. The highest BCUT2D eigenvalue weighted by Gasteiger charge is 2.22. The van der Waals surface area contributed by atoms with Crippen LogP contribution in [0.5, 0.6) is 23.0 Å². The third kappa shape index (κ3) is 3.81. The molecule has 1 radical (unpaired) electrons. The van der Waals surface area contributed by atoms with Gasteiger partial charge in [-0.3, -0.25) is 0 Å². The highest BCUT2D eigenvalue weighted by molar-refractivity contribution is 5.95. The minimum Gasteiger partial charge on any atom is -0.507 e. The number of hydrogen-bond donors (Lipinski definition) is 2. The van der Waals surface area contributed by atoms with E-state index in [1.54, 1.807) is 33.5 Å². The molecule has 0 unspecified atom stereocenters. The molecule has 0 amide bonds. The number of methoxy groups -OCH3 is 3. The summed E-state index contributed by atoms with van der Waals surface area (Å²) < 4.78 is 16.6. The topological polar surface area (TPSA) is 73.9 Å². The number of rotatable bonds is 6. The van der Waals surface area contributed by atoms with E-state index in [2.05, 4.69) is 6.07 Å². The van der Waals surface area contributed by atoms with Gasteiger partial charge in [0.15, 0.2) is 11.5 Å². The van der Waals surface area contributed by atoms with E-state index < -0.39 is 0 Å². The predicted octanol–water partition coefficient (Wildman–Crippen LogP) is 5.80. The molecule has 4 rings (SSSR count). The van der Waals surface area contributed by atoms with Crippen molar-refractivity contribution >= 4 is 5.69 Å². The summed E-state index contributed by atoms with van der Waals surface area (Å²) in [6.45, 7) is 0. The molecule has 5 heteroatoms. The van der Waals surface area contributed by atoms with E-state index in [0.717, 1.165) is 33.6 Å². The van der Waals surface area contributed by atoms with Gasteiger partial charge in [-0.1, -0.05) is 42.5 Å². The van der Waals surface area contributed by atoms with E-state index in [-0.39, 0.29) is 5.75 Å². The van der Waals surface area contributed by atoms with Crippen LogP contribution in [-0.4, -0.2) is 26.4 Å². The van der Waals surface area contributed by atoms with Gasteiger partial charge in [-0.25, -0.2) is 0 Å². The van der Waals surface area contributed by atoms with Gasteiger partial charge < -0.3 is 25.1 Å². The first-order valence-corrected chi connectivity index (χ1v) is 10.1. The monoisotopic (exact) mass is 426 g/mol. The second kappa shape index (κ2) is 8.94.